The van der Waals surface area contributed by atoms with Crippen molar-refractivity contribution in [3.63, 3.8) is 0 Å². The summed E-state index contributed by atoms with van der Waals surface area (Å²) in [6.07, 6.45) is 2.89. The molecule has 60 valence electrons. The molecular formula is C7H8BrNOS. The zero-order valence-electron chi connectivity index (χ0n) is 5.88. The SMILES string of the molecule is OC1(c2scnc2Br)CCC1. The summed E-state index contributed by atoms with van der Waals surface area (Å²) >= 11 is 4.84. The van der Waals surface area contributed by atoms with Crippen molar-refractivity contribution in [1.82, 2.24) is 4.98 Å². The third-order valence-electron chi connectivity index (χ3n) is 2.13. The fourth-order valence-electron chi connectivity index (χ4n) is 1.27. The van der Waals surface area contributed by atoms with Gasteiger partial charge in [0.25, 0.3) is 0 Å². The van der Waals surface area contributed by atoms with Crippen molar-refractivity contribution in [2.45, 2.75) is 24.9 Å². The van der Waals surface area contributed by atoms with E-state index in [1.165, 1.54) is 11.3 Å². The summed E-state index contributed by atoms with van der Waals surface area (Å²) in [5.74, 6) is 0. The fraction of sp³-hybridized carbons (Fsp3) is 0.571. The Kier molecular flexibility index (Phi) is 1.78. The average molecular weight is 234 g/mol. The maximum Gasteiger partial charge on any atom is 0.123 e. The highest BCUT2D eigenvalue weighted by Crippen LogP contribution is 2.45. The van der Waals surface area contributed by atoms with Crippen LogP contribution in [0.15, 0.2) is 10.1 Å². The van der Waals surface area contributed by atoms with E-state index >= 15 is 0 Å². The topological polar surface area (TPSA) is 33.1 Å². The third kappa shape index (κ3) is 1.13. The molecule has 1 aromatic heterocycles. The van der Waals surface area contributed by atoms with Crippen LogP contribution in [0.3, 0.4) is 0 Å². The molecule has 1 aromatic rings. The van der Waals surface area contributed by atoms with Gasteiger partial charge in [-0.05, 0) is 35.2 Å². The summed E-state index contributed by atoms with van der Waals surface area (Å²) < 4.78 is 0.810. The summed E-state index contributed by atoms with van der Waals surface area (Å²) in [6.45, 7) is 0. The zero-order chi connectivity index (χ0) is 7.90. The van der Waals surface area contributed by atoms with Crippen molar-refractivity contribution in [2.24, 2.45) is 0 Å². The van der Waals surface area contributed by atoms with Gasteiger partial charge < -0.3 is 5.11 Å². The molecule has 0 aromatic carbocycles. The van der Waals surface area contributed by atoms with Gasteiger partial charge in [0.15, 0.2) is 0 Å². The van der Waals surface area contributed by atoms with Crippen LogP contribution in [0.4, 0.5) is 0 Å². The highest BCUT2D eigenvalue weighted by molar-refractivity contribution is 9.10. The summed E-state index contributed by atoms with van der Waals surface area (Å²) in [6, 6.07) is 0. The Morgan fingerprint density at radius 1 is 1.64 bits per heavy atom. The molecule has 0 unspecified atom stereocenters. The summed E-state index contributed by atoms with van der Waals surface area (Å²) in [7, 11) is 0. The van der Waals surface area contributed by atoms with Gasteiger partial charge in [-0.25, -0.2) is 4.98 Å². The van der Waals surface area contributed by atoms with E-state index in [0.29, 0.717) is 0 Å². The Balaban J connectivity index is 2.35. The minimum absolute atomic E-state index is 0.556. The number of hydrogen-bond donors (Lipinski definition) is 1. The first-order valence-corrected chi connectivity index (χ1v) is 5.21. The second-order valence-corrected chi connectivity index (χ2v) is 4.46. The van der Waals surface area contributed by atoms with Gasteiger partial charge in [-0.15, -0.1) is 11.3 Å². The molecule has 1 saturated carbocycles. The van der Waals surface area contributed by atoms with Gasteiger partial charge >= 0.3 is 0 Å². The first kappa shape index (κ1) is 7.71. The molecule has 0 atom stereocenters. The highest BCUT2D eigenvalue weighted by atomic mass is 79.9. The number of halogens is 1. The van der Waals surface area contributed by atoms with Gasteiger partial charge in [0.1, 0.15) is 10.2 Å². The monoisotopic (exact) mass is 233 g/mol. The molecule has 1 N–H and O–H groups in total. The molecule has 1 aliphatic rings. The number of nitrogens with zero attached hydrogens (tertiary/aromatic N) is 1. The van der Waals surface area contributed by atoms with Crippen LogP contribution in [0.25, 0.3) is 0 Å². The van der Waals surface area contributed by atoms with E-state index in [9.17, 15) is 5.11 Å². The van der Waals surface area contributed by atoms with Gasteiger partial charge in [0.05, 0.1) is 10.4 Å². The second-order valence-electron chi connectivity index (χ2n) is 2.86. The van der Waals surface area contributed by atoms with Crippen LogP contribution in [-0.2, 0) is 5.60 Å². The zero-order valence-corrected chi connectivity index (χ0v) is 8.28. The Hall–Kier alpha value is 0.0700. The minimum Gasteiger partial charge on any atom is -0.384 e. The summed E-state index contributed by atoms with van der Waals surface area (Å²) in [4.78, 5) is 5.03. The molecule has 0 saturated heterocycles. The van der Waals surface area contributed by atoms with Gasteiger partial charge in [0.2, 0.25) is 0 Å². The molecule has 1 fully saturated rings. The lowest BCUT2D eigenvalue weighted by Gasteiger charge is -2.35. The maximum atomic E-state index is 9.89. The standard InChI is InChI=1S/C7H8BrNOS/c8-6-5(11-4-9-6)7(10)2-1-3-7/h4,10H,1-3H2. The molecule has 4 heteroatoms. The van der Waals surface area contributed by atoms with E-state index in [1.54, 1.807) is 5.51 Å². The molecule has 2 nitrogen and oxygen atoms in total. The Morgan fingerprint density at radius 3 is 2.73 bits per heavy atom. The molecule has 0 bridgehead atoms. The highest BCUT2D eigenvalue weighted by Gasteiger charge is 2.39. The van der Waals surface area contributed by atoms with E-state index in [4.69, 9.17) is 0 Å². The quantitative estimate of drug-likeness (QED) is 0.808. The second kappa shape index (κ2) is 2.54. The van der Waals surface area contributed by atoms with Crippen LogP contribution in [0.1, 0.15) is 24.1 Å². The number of aromatic nitrogens is 1. The third-order valence-corrected chi connectivity index (χ3v) is 4.01. The van der Waals surface area contributed by atoms with Crippen LogP contribution in [-0.4, -0.2) is 10.1 Å². The summed E-state index contributed by atoms with van der Waals surface area (Å²) in [5.41, 5.74) is 1.20. The van der Waals surface area contributed by atoms with Crippen LogP contribution in [0.2, 0.25) is 0 Å². The molecule has 0 radical (unpaired) electrons. The largest absolute Gasteiger partial charge is 0.384 e. The lowest BCUT2D eigenvalue weighted by molar-refractivity contribution is -0.0362. The van der Waals surface area contributed by atoms with Crippen LogP contribution in [0, 0.1) is 0 Å². The van der Waals surface area contributed by atoms with Crippen molar-refractivity contribution >= 4 is 27.3 Å². The predicted molar refractivity (Wildman–Crippen MR) is 47.6 cm³/mol. The number of aliphatic hydroxyl groups is 1. The van der Waals surface area contributed by atoms with E-state index in [2.05, 4.69) is 20.9 Å². The Bertz CT molecular complexity index is 269. The van der Waals surface area contributed by atoms with Crippen molar-refractivity contribution in [1.29, 1.82) is 0 Å². The summed E-state index contributed by atoms with van der Waals surface area (Å²) in [5, 5.41) is 9.89. The van der Waals surface area contributed by atoms with Crippen LogP contribution >= 0.6 is 27.3 Å². The molecule has 1 heterocycles. The average Bonchev–Trinajstić information content (AvgIpc) is 2.30. The molecule has 2 rings (SSSR count). The normalized spacial score (nSPS) is 21.3. The van der Waals surface area contributed by atoms with Gasteiger partial charge in [-0.1, -0.05) is 0 Å². The number of rotatable bonds is 1. The molecule has 0 spiro atoms. The Labute approximate surface area is 77.4 Å². The van der Waals surface area contributed by atoms with Crippen molar-refractivity contribution in [3.05, 3.63) is 15.0 Å². The van der Waals surface area contributed by atoms with Gasteiger partial charge in [-0.3, -0.25) is 0 Å². The molecule has 1 aliphatic carbocycles. The predicted octanol–water partition coefficient (Wildman–Crippen LogP) is 2.28. The van der Waals surface area contributed by atoms with E-state index in [1.807, 2.05) is 0 Å². The molecular weight excluding hydrogens is 226 g/mol. The smallest absolute Gasteiger partial charge is 0.123 e. The lowest BCUT2D eigenvalue weighted by Crippen LogP contribution is -2.32. The lowest BCUT2D eigenvalue weighted by atomic mass is 9.79. The fourth-order valence-corrected chi connectivity index (χ4v) is 3.00. The van der Waals surface area contributed by atoms with E-state index < -0.39 is 5.60 Å². The van der Waals surface area contributed by atoms with Crippen molar-refractivity contribution < 1.29 is 5.11 Å². The maximum absolute atomic E-state index is 9.89. The van der Waals surface area contributed by atoms with Gasteiger partial charge in [0, 0.05) is 0 Å². The van der Waals surface area contributed by atoms with Crippen molar-refractivity contribution in [2.75, 3.05) is 0 Å². The van der Waals surface area contributed by atoms with Crippen LogP contribution < -0.4 is 0 Å². The van der Waals surface area contributed by atoms with Gasteiger partial charge in [-0.2, -0.15) is 0 Å². The molecule has 0 aliphatic heterocycles. The first-order valence-electron chi connectivity index (χ1n) is 3.54. The molecule has 0 amide bonds. The Morgan fingerprint density at radius 2 is 2.36 bits per heavy atom. The number of thiazole rings is 1. The van der Waals surface area contributed by atoms with Crippen molar-refractivity contribution in [3.8, 4) is 0 Å². The minimum atomic E-state index is -0.556. The first-order chi connectivity index (χ1) is 5.22. The molecule has 11 heavy (non-hydrogen) atoms. The van der Waals surface area contributed by atoms with Crippen LogP contribution in [0.5, 0.6) is 0 Å². The number of hydrogen-bond acceptors (Lipinski definition) is 3. The van der Waals surface area contributed by atoms with E-state index in [0.717, 1.165) is 28.7 Å². The van der Waals surface area contributed by atoms with E-state index in [-0.39, 0.29) is 0 Å².